The smallest absolute Gasteiger partial charge is 0.167 e. The quantitative estimate of drug-likeness (QED) is 0.838. The fraction of sp³-hybridized carbons (Fsp3) is 0.462. The van der Waals surface area contributed by atoms with Crippen LogP contribution in [0.25, 0.3) is 0 Å². The summed E-state index contributed by atoms with van der Waals surface area (Å²) in [4.78, 5) is 2.12. The number of hydrogen-bond donors (Lipinski definition) is 0. The molecule has 1 aromatic heterocycles. The van der Waals surface area contributed by atoms with Gasteiger partial charge in [0.15, 0.2) is 5.82 Å². The van der Waals surface area contributed by atoms with E-state index in [4.69, 9.17) is 0 Å². The van der Waals surface area contributed by atoms with E-state index < -0.39 is 0 Å². The minimum absolute atomic E-state index is 0.0124. The first kappa shape index (κ1) is 15.1. The van der Waals surface area contributed by atoms with Crippen molar-refractivity contribution in [1.29, 1.82) is 0 Å². The van der Waals surface area contributed by atoms with E-state index >= 15 is 0 Å². The van der Waals surface area contributed by atoms with Crippen molar-refractivity contribution in [3.63, 3.8) is 0 Å². The van der Waals surface area contributed by atoms with Crippen molar-refractivity contribution in [3.05, 3.63) is 39.9 Å². The highest BCUT2D eigenvalue weighted by Gasteiger charge is 2.20. The second kappa shape index (κ2) is 6.41. The SMILES string of the molecule is CCN(Cc1cc(Br)ccc1F)C(C)c1nnnn1C. The van der Waals surface area contributed by atoms with Crippen LogP contribution in [0.1, 0.15) is 31.3 Å². The van der Waals surface area contributed by atoms with E-state index in [1.54, 1.807) is 23.9 Å². The largest absolute Gasteiger partial charge is 0.289 e. The molecule has 0 amide bonds. The Labute approximate surface area is 125 Å². The number of aromatic nitrogens is 4. The molecule has 1 atom stereocenters. The molecule has 0 spiro atoms. The lowest BCUT2D eigenvalue weighted by molar-refractivity contribution is 0.198. The lowest BCUT2D eigenvalue weighted by Crippen LogP contribution is -2.28. The van der Waals surface area contributed by atoms with Crippen molar-refractivity contribution in [3.8, 4) is 0 Å². The summed E-state index contributed by atoms with van der Waals surface area (Å²) in [5, 5.41) is 11.5. The zero-order valence-electron chi connectivity index (χ0n) is 11.7. The lowest BCUT2D eigenvalue weighted by Gasteiger charge is -2.26. The average molecular weight is 342 g/mol. The summed E-state index contributed by atoms with van der Waals surface area (Å²) in [6, 6.07) is 4.99. The molecule has 0 aliphatic rings. The summed E-state index contributed by atoms with van der Waals surface area (Å²) < 4.78 is 16.4. The summed E-state index contributed by atoms with van der Waals surface area (Å²) in [6.07, 6.45) is 0. The summed E-state index contributed by atoms with van der Waals surface area (Å²) in [6.45, 7) is 5.34. The molecule has 20 heavy (non-hydrogen) atoms. The summed E-state index contributed by atoms with van der Waals surface area (Å²) in [5.74, 6) is 0.567. The molecular weight excluding hydrogens is 325 g/mol. The predicted octanol–water partition coefficient (Wildman–Crippen LogP) is 2.69. The number of nitrogens with zero attached hydrogens (tertiary/aromatic N) is 5. The van der Waals surface area contributed by atoms with Gasteiger partial charge in [-0.3, -0.25) is 4.90 Å². The maximum Gasteiger partial charge on any atom is 0.167 e. The van der Waals surface area contributed by atoms with Crippen LogP contribution in [0.15, 0.2) is 22.7 Å². The third-order valence-corrected chi connectivity index (χ3v) is 3.85. The van der Waals surface area contributed by atoms with Gasteiger partial charge in [0.05, 0.1) is 6.04 Å². The zero-order chi connectivity index (χ0) is 14.7. The Morgan fingerprint density at radius 1 is 1.45 bits per heavy atom. The molecule has 108 valence electrons. The van der Waals surface area contributed by atoms with Crippen LogP contribution in [0.4, 0.5) is 4.39 Å². The van der Waals surface area contributed by atoms with Crippen LogP contribution in [0.5, 0.6) is 0 Å². The van der Waals surface area contributed by atoms with Gasteiger partial charge >= 0.3 is 0 Å². The normalized spacial score (nSPS) is 12.9. The molecule has 2 rings (SSSR count). The molecule has 2 aromatic rings. The second-order valence-corrected chi connectivity index (χ2v) is 5.55. The molecule has 0 aliphatic carbocycles. The first-order valence-corrected chi connectivity index (χ1v) is 7.22. The van der Waals surface area contributed by atoms with E-state index in [1.165, 1.54) is 6.07 Å². The molecule has 0 radical (unpaired) electrons. The number of rotatable bonds is 5. The van der Waals surface area contributed by atoms with Crippen LogP contribution in [0.3, 0.4) is 0 Å². The van der Waals surface area contributed by atoms with Crippen LogP contribution in [0, 0.1) is 5.82 Å². The molecule has 0 saturated heterocycles. The number of aryl methyl sites for hydroxylation is 1. The Kier molecular flexibility index (Phi) is 4.82. The van der Waals surface area contributed by atoms with Gasteiger partial charge in [0.25, 0.3) is 0 Å². The molecule has 1 heterocycles. The van der Waals surface area contributed by atoms with E-state index in [-0.39, 0.29) is 11.9 Å². The van der Waals surface area contributed by atoms with Gasteiger partial charge in [-0.15, -0.1) is 5.10 Å². The molecule has 0 saturated carbocycles. The van der Waals surface area contributed by atoms with Crippen LogP contribution in [-0.4, -0.2) is 31.7 Å². The number of hydrogen-bond acceptors (Lipinski definition) is 4. The second-order valence-electron chi connectivity index (χ2n) is 4.64. The van der Waals surface area contributed by atoms with Crippen molar-refractivity contribution >= 4 is 15.9 Å². The van der Waals surface area contributed by atoms with E-state index in [0.717, 1.165) is 16.8 Å². The third-order valence-electron chi connectivity index (χ3n) is 3.36. The molecule has 1 unspecified atom stereocenters. The molecule has 1 aromatic carbocycles. The highest BCUT2D eigenvalue weighted by molar-refractivity contribution is 9.10. The molecule has 0 fully saturated rings. The summed E-state index contributed by atoms with van der Waals surface area (Å²) in [7, 11) is 1.80. The Hall–Kier alpha value is -1.34. The molecule has 7 heteroatoms. The van der Waals surface area contributed by atoms with Crippen molar-refractivity contribution in [2.45, 2.75) is 26.4 Å². The average Bonchev–Trinajstić information content (AvgIpc) is 2.85. The van der Waals surface area contributed by atoms with Crippen molar-refractivity contribution in [2.24, 2.45) is 7.05 Å². The number of tetrazole rings is 1. The van der Waals surface area contributed by atoms with Gasteiger partial charge in [0.1, 0.15) is 5.82 Å². The Balaban J connectivity index is 2.21. The Morgan fingerprint density at radius 2 is 2.20 bits per heavy atom. The summed E-state index contributed by atoms with van der Waals surface area (Å²) >= 11 is 3.37. The van der Waals surface area contributed by atoms with Gasteiger partial charge in [-0.05, 0) is 42.1 Å². The van der Waals surface area contributed by atoms with Crippen LogP contribution >= 0.6 is 15.9 Å². The molecular formula is C13H17BrFN5. The van der Waals surface area contributed by atoms with Crippen LogP contribution in [-0.2, 0) is 13.6 Å². The van der Waals surface area contributed by atoms with E-state index in [0.29, 0.717) is 12.1 Å². The van der Waals surface area contributed by atoms with E-state index in [9.17, 15) is 4.39 Å². The minimum atomic E-state index is -0.199. The van der Waals surface area contributed by atoms with Crippen molar-refractivity contribution in [2.75, 3.05) is 6.54 Å². The minimum Gasteiger partial charge on any atom is -0.289 e. The van der Waals surface area contributed by atoms with Gasteiger partial charge in [-0.25, -0.2) is 9.07 Å². The van der Waals surface area contributed by atoms with Gasteiger partial charge in [-0.2, -0.15) is 0 Å². The van der Waals surface area contributed by atoms with Gasteiger partial charge in [-0.1, -0.05) is 22.9 Å². The fourth-order valence-corrected chi connectivity index (χ4v) is 2.57. The lowest BCUT2D eigenvalue weighted by atomic mass is 10.1. The molecule has 5 nitrogen and oxygen atoms in total. The zero-order valence-corrected chi connectivity index (χ0v) is 13.3. The number of halogens is 2. The topological polar surface area (TPSA) is 46.8 Å². The third kappa shape index (κ3) is 3.21. The highest BCUT2D eigenvalue weighted by atomic mass is 79.9. The highest BCUT2D eigenvalue weighted by Crippen LogP contribution is 2.22. The van der Waals surface area contributed by atoms with E-state index in [2.05, 4.69) is 36.4 Å². The maximum absolute atomic E-state index is 13.9. The Bertz CT molecular complexity index is 586. The standard InChI is InChI=1S/C13H17BrFN5/c1-4-20(9(2)13-16-17-18-19(13)3)8-10-7-11(14)5-6-12(10)15/h5-7,9H,4,8H2,1-3H3. The van der Waals surface area contributed by atoms with Crippen molar-refractivity contribution in [1.82, 2.24) is 25.1 Å². The summed E-state index contributed by atoms with van der Waals surface area (Å²) in [5.41, 5.74) is 0.656. The van der Waals surface area contributed by atoms with Crippen molar-refractivity contribution < 1.29 is 4.39 Å². The van der Waals surface area contributed by atoms with Crippen LogP contribution < -0.4 is 0 Å². The fourth-order valence-electron chi connectivity index (χ4n) is 2.16. The van der Waals surface area contributed by atoms with Gasteiger partial charge in [0, 0.05) is 23.6 Å². The van der Waals surface area contributed by atoms with E-state index in [1.807, 2.05) is 13.8 Å². The Morgan fingerprint density at radius 3 is 2.80 bits per heavy atom. The predicted molar refractivity (Wildman–Crippen MR) is 77.4 cm³/mol. The van der Waals surface area contributed by atoms with Gasteiger partial charge < -0.3 is 0 Å². The molecule has 0 aliphatic heterocycles. The first-order chi connectivity index (χ1) is 9.52. The first-order valence-electron chi connectivity index (χ1n) is 6.43. The maximum atomic E-state index is 13.9. The molecule has 0 bridgehead atoms. The van der Waals surface area contributed by atoms with Gasteiger partial charge in [0.2, 0.25) is 0 Å². The number of benzene rings is 1. The molecule has 0 N–H and O–H groups in total. The van der Waals surface area contributed by atoms with Crippen LogP contribution in [0.2, 0.25) is 0 Å². The monoisotopic (exact) mass is 341 g/mol.